The minimum atomic E-state index is -0.0434. The maximum Gasteiger partial charge on any atom is 0.227 e. The quantitative estimate of drug-likeness (QED) is 0.676. The molecule has 1 aliphatic heterocycles. The molecule has 1 saturated heterocycles. The van der Waals surface area contributed by atoms with Crippen LogP contribution in [0.1, 0.15) is 26.2 Å². The maximum absolute atomic E-state index is 12.2. The standard InChI is InChI=1S/C14H26N2O3/c1-3-15-12-9-19-8-11(12)13(17)16-10-14(4-5-14)6-7-18-2/h11-12,15H,3-10H2,1-2H3,(H,16,17). The van der Waals surface area contributed by atoms with Crippen LogP contribution in [-0.2, 0) is 14.3 Å². The molecule has 1 aliphatic carbocycles. The number of carbonyl (C=O) groups excluding carboxylic acids is 1. The molecule has 2 atom stereocenters. The monoisotopic (exact) mass is 270 g/mol. The summed E-state index contributed by atoms with van der Waals surface area (Å²) < 4.78 is 10.5. The molecule has 0 bridgehead atoms. The van der Waals surface area contributed by atoms with Gasteiger partial charge < -0.3 is 20.1 Å². The van der Waals surface area contributed by atoms with E-state index in [2.05, 4.69) is 17.6 Å². The van der Waals surface area contributed by atoms with Gasteiger partial charge in [-0.2, -0.15) is 0 Å². The van der Waals surface area contributed by atoms with Crippen molar-refractivity contribution in [2.45, 2.75) is 32.2 Å². The first-order chi connectivity index (χ1) is 9.21. The molecule has 2 N–H and O–H groups in total. The first-order valence-corrected chi connectivity index (χ1v) is 7.28. The van der Waals surface area contributed by atoms with E-state index in [1.54, 1.807) is 7.11 Å². The molecule has 5 nitrogen and oxygen atoms in total. The Hall–Kier alpha value is -0.650. The van der Waals surface area contributed by atoms with Gasteiger partial charge in [0, 0.05) is 26.3 Å². The highest BCUT2D eigenvalue weighted by Crippen LogP contribution is 2.48. The Labute approximate surface area is 115 Å². The van der Waals surface area contributed by atoms with Crippen LogP contribution in [0, 0.1) is 11.3 Å². The normalized spacial score (nSPS) is 28.3. The number of carbonyl (C=O) groups is 1. The number of amides is 1. The second-order valence-corrected chi connectivity index (χ2v) is 5.77. The average molecular weight is 270 g/mol. The number of rotatable bonds is 8. The highest BCUT2D eigenvalue weighted by molar-refractivity contribution is 5.80. The lowest BCUT2D eigenvalue weighted by atomic mass is 10.00. The van der Waals surface area contributed by atoms with E-state index in [-0.39, 0.29) is 17.9 Å². The number of methoxy groups -OCH3 is 1. The Morgan fingerprint density at radius 3 is 2.84 bits per heavy atom. The van der Waals surface area contributed by atoms with Gasteiger partial charge >= 0.3 is 0 Å². The molecule has 1 saturated carbocycles. The van der Waals surface area contributed by atoms with Gasteiger partial charge in [-0.3, -0.25) is 4.79 Å². The summed E-state index contributed by atoms with van der Waals surface area (Å²) in [7, 11) is 1.73. The fourth-order valence-corrected chi connectivity index (χ4v) is 2.69. The second-order valence-electron chi connectivity index (χ2n) is 5.77. The Morgan fingerprint density at radius 1 is 1.42 bits per heavy atom. The molecule has 0 aromatic carbocycles. The average Bonchev–Trinajstić information content (AvgIpc) is 3.04. The molecular weight excluding hydrogens is 244 g/mol. The highest BCUT2D eigenvalue weighted by atomic mass is 16.5. The second kappa shape index (κ2) is 6.68. The summed E-state index contributed by atoms with van der Waals surface area (Å²) in [5.41, 5.74) is 0.304. The van der Waals surface area contributed by atoms with Gasteiger partial charge in [0.25, 0.3) is 0 Å². The summed E-state index contributed by atoms with van der Waals surface area (Å²) >= 11 is 0. The van der Waals surface area contributed by atoms with Gasteiger partial charge in [0.15, 0.2) is 0 Å². The molecule has 2 fully saturated rings. The van der Waals surface area contributed by atoms with Crippen molar-refractivity contribution >= 4 is 5.91 Å². The lowest BCUT2D eigenvalue weighted by Crippen LogP contribution is -2.45. The SMILES string of the molecule is CCNC1COCC1C(=O)NCC1(CCOC)CC1. The minimum absolute atomic E-state index is 0.0434. The van der Waals surface area contributed by atoms with Crippen molar-refractivity contribution in [2.24, 2.45) is 11.3 Å². The third kappa shape index (κ3) is 3.91. The van der Waals surface area contributed by atoms with Crippen LogP contribution in [0.4, 0.5) is 0 Å². The van der Waals surface area contributed by atoms with E-state index >= 15 is 0 Å². The third-order valence-electron chi connectivity index (χ3n) is 4.31. The molecule has 2 unspecified atom stereocenters. The van der Waals surface area contributed by atoms with Gasteiger partial charge in [-0.15, -0.1) is 0 Å². The molecule has 0 spiro atoms. The van der Waals surface area contributed by atoms with Gasteiger partial charge in [-0.05, 0) is 31.2 Å². The maximum atomic E-state index is 12.2. The van der Waals surface area contributed by atoms with Crippen LogP contribution in [0.3, 0.4) is 0 Å². The fourth-order valence-electron chi connectivity index (χ4n) is 2.69. The zero-order chi connectivity index (χ0) is 13.7. The number of ether oxygens (including phenoxy) is 2. The number of hydrogen-bond donors (Lipinski definition) is 2. The van der Waals surface area contributed by atoms with E-state index in [4.69, 9.17) is 9.47 Å². The third-order valence-corrected chi connectivity index (χ3v) is 4.31. The Morgan fingerprint density at radius 2 is 2.21 bits per heavy atom. The van der Waals surface area contributed by atoms with Gasteiger partial charge in [-0.25, -0.2) is 0 Å². The van der Waals surface area contributed by atoms with E-state index in [1.807, 2.05) is 0 Å². The zero-order valence-electron chi connectivity index (χ0n) is 12.0. The molecule has 1 heterocycles. The minimum Gasteiger partial charge on any atom is -0.385 e. The van der Waals surface area contributed by atoms with Gasteiger partial charge in [0.05, 0.1) is 19.1 Å². The van der Waals surface area contributed by atoms with Gasteiger partial charge in [0.2, 0.25) is 5.91 Å². The lowest BCUT2D eigenvalue weighted by molar-refractivity contribution is -0.125. The summed E-state index contributed by atoms with van der Waals surface area (Å²) in [5.74, 6) is 0.0883. The first kappa shape index (κ1) is 14.8. The predicted octanol–water partition coefficient (Wildman–Crippen LogP) is 0.544. The van der Waals surface area contributed by atoms with Crippen LogP contribution in [0.25, 0.3) is 0 Å². The molecule has 0 aromatic heterocycles. The number of likely N-dealkylation sites (N-methyl/N-ethyl adjacent to an activating group) is 1. The van der Waals surface area contributed by atoms with Crippen molar-refractivity contribution in [3.63, 3.8) is 0 Å². The first-order valence-electron chi connectivity index (χ1n) is 7.28. The van der Waals surface area contributed by atoms with Crippen LogP contribution in [0.2, 0.25) is 0 Å². The summed E-state index contributed by atoms with van der Waals surface area (Å²) in [4.78, 5) is 12.2. The van der Waals surface area contributed by atoms with E-state index in [0.29, 0.717) is 18.6 Å². The summed E-state index contributed by atoms with van der Waals surface area (Å²) in [6.07, 6.45) is 3.45. The molecule has 2 rings (SSSR count). The van der Waals surface area contributed by atoms with Crippen molar-refractivity contribution < 1.29 is 14.3 Å². The lowest BCUT2D eigenvalue weighted by Gasteiger charge is -2.20. The van der Waals surface area contributed by atoms with E-state index in [1.165, 1.54) is 12.8 Å². The molecule has 19 heavy (non-hydrogen) atoms. The molecule has 2 aliphatic rings. The fraction of sp³-hybridized carbons (Fsp3) is 0.929. The summed E-state index contributed by atoms with van der Waals surface area (Å²) in [6.45, 7) is 5.66. The van der Waals surface area contributed by atoms with Crippen LogP contribution in [0.5, 0.6) is 0 Å². The highest BCUT2D eigenvalue weighted by Gasteiger charge is 2.43. The van der Waals surface area contributed by atoms with Crippen LogP contribution in [-0.4, -0.2) is 52.0 Å². The van der Waals surface area contributed by atoms with Crippen molar-refractivity contribution in [1.82, 2.24) is 10.6 Å². The summed E-state index contributed by atoms with van der Waals surface area (Å²) in [5, 5.41) is 6.43. The van der Waals surface area contributed by atoms with E-state index < -0.39 is 0 Å². The topological polar surface area (TPSA) is 59.6 Å². The van der Waals surface area contributed by atoms with E-state index in [0.717, 1.165) is 26.1 Å². The number of hydrogen-bond acceptors (Lipinski definition) is 4. The van der Waals surface area contributed by atoms with Crippen molar-refractivity contribution in [3.05, 3.63) is 0 Å². The zero-order valence-corrected chi connectivity index (χ0v) is 12.0. The molecule has 1 amide bonds. The summed E-state index contributed by atoms with van der Waals surface area (Å²) in [6, 6.07) is 0.166. The molecule has 5 heteroatoms. The molecule has 0 radical (unpaired) electrons. The van der Waals surface area contributed by atoms with Gasteiger partial charge in [0.1, 0.15) is 0 Å². The Bertz CT molecular complexity index is 305. The van der Waals surface area contributed by atoms with E-state index in [9.17, 15) is 4.79 Å². The Kier molecular flexibility index (Phi) is 5.19. The van der Waals surface area contributed by atoms with Gasteiger partial charge in [-0.1, -0.05) is 6.92 Å². The van der Waals surface area contributed by atoms with Crippen LogP contribution < -0.4 is 10.6 Å². The molecule has 0 aromatic rings. The molecule has 110 valence electrons. The smallest absolute Gasteiger partial charge is 0.227 e. The van der Waals surface area contributed by atoms with Crippen molar-refractivity contribution in [3.8, 4) is 0 Å². The Balaban J connectivity index is 1.75. The van der Waals surface area contributed by atoms with Crippen LogP contribution in [0.15, 0.2) is 0 Å². The van der Waals surface area contributed by atoms with Crippen molar-refractivity contribution in [2.75, 3.05) is 40.0 Å². The predicted molar refractivity (Wildman–Crippen MR) is 72.9 cm³/mol. The molecular formula is C14H26N2O3. The largest absolute Gasteiger partial charge is 0.385 e. The number of nitrogens with one attached hydrogen (secondary N) is 2. The van der Waals surface area contributed by atoms with Crippen molar-refractivity contribution in [1.29, 1.82) is 0 Å². The van der Waals surface area contributed by atoms with Crippen LogP contribution >= 0.6 is 0 Å².